The van der Waals surface area contributed by atoms with Gasteiger partial charge in [0.15, 0.2) is 11.6 Å². The number of amides is 1. The molecule has 0 fully saturated rings. The van der Waals surface area contributed by atoms with Crippen LogP contribution < -0.4 is 16.2 Å². The normalized spacial score (nSPS) is 10.7. The van der Waals surface area contributed by atoms with Gasteiger partial charge in [-0.1, -0.05) is 12.1 Å². The van der Waals surface area contributed by atoms with Gasteiger partial charge in [-0.05, 0) is 30.3 Å². The van der Waals surface area contributed by atoms with Crippen LogP contribution in [0.15, 0.2) is 61.1 Å². The fourth-order valence-electron chi connectivity index (χ4n) is 2.99. The topological polar surface area (TPSA) is 133 Å². The number of pyridine rings is 2. The Kier molecular flexibility index (Phi) is 4.66. The van der Waals surface area contributed by atoms with Crippen molar-refractivity contribution in [1.82, 2.24) is 19.9 Å². The highest BCUT2D eigenvalue weighted by atomic mass is 16.5. The third-order valence-electron chi connectivity index (χ3n) is 4.49. The molecule has 0 radical (unpaired) electrons. The number of anilines is 1. The van der Waals surface area contributed by atoms with Gasteiger partial charge in [-0.15, -0.1) is 0 Å². The summed E-state index contributed by atoms with van der Waals surface area (Å²) in [6.07, 6.45) is 5.07. The molecule has 0 aliphatic rings. The number of imidazole rings is 1. The summed E-state index contributed by atoms with van der Waals surface area (Å²) in [5.41, 5.74) is 15.6. The average molecular weight is 386 g/mol. The third-order valence-corrected chi connectivity index (χ3v) is 4.49. The second-order valence-corrected chi connectivity index (χ2v) is 6.30. The number of nitrogens with two attached hydrogens (primary N) is 2. The monoisotopic (exact) mass is 386 g/mol. The molecule has 8 nitrogen and oxygen atoms in total. The van der Waals surface area contributed by atoms with E-state index in [1.165, 1.54) is 0 Å². The number of nitrogen functional groups attached to an aromatic ring is 1. The number of ether oxygens (including phenoxy) is 1. The minimum absolute atomic E-state index is 0.309. The number of primary amides is 1. The van der Waals surface area contributed by atoms with Crippen molar-refractivity contribution in [2.45, 2.75) is 0 Å². The number of carbonyl (C=O) groups is 1. The predicted octanol–water partition coefficient (Wildman–Crippen LogP) is 2.89. The van der Waals surface area contributed by atoms with Crippen LogP contribution >= 0.6 is 0 Å². The molecule has 3 heterocycles. The molecule has 0 bridgehead atoms. The lowest BCUT2D eigenvalue weighted by atomic mass is 10.1. The summed E-state index contributed by atoms with van der Waals surface area (Å²) in [5.74, 6) is 0.946. The lowest BCUT2D eigenvalue weighted by Gasteiger charge is -2.07. The fourth-order valence-corrected chi connectivity index (χ4v) is 2.99. The number of carbonyl (C=O) groups excluding carboxylic acids is 1. The van der Waals surface area contributed by atoms with Crippen LogP contribution in [0.25, 0.3) is 33.9 Å². The first-order chi connectivity index (χ1) is 14.1. The van der Waals surface area contributed by atoms with Crippen molar-refractivity contribution >= 4 is 11.7 Å². The van der Waals surface area contributed by atoms with Gasteiger partial charge in [-0.3, -0.25) is 9.78 Å². The highest BCUT2D eigenvalue weighted by Gasteiger charge is 2.17. The van der Waals surface area contributed by atoms with Crippen LogP contribution in [0.1, 0.15) is 10.4 Å². The standard InChI is InChI=1S/C21H18N6O2/c1-29-16-10-15(11-25-19(16)22)18-17(12-6-8-24-9-7-12)26-21(27-18)14-4-2-13(3-5-14)20(23)28/h2-11H,1H3,(H2,22,25)(H2,23,28)(H,26,27). The van der Waals surface area contributed by atoms with Crippen LogP contribution in [-0.2, 0) is 0 Å². The van der Waals surface area contributed by atoms with E-state index in [1.54, 1.807) is 56.0 Å². The zero-order valence-corrected chi connectivity index (χ0v) is 15.6. The van der Waals surface area contributed by atoms with E-state index in [2.05, 4.69) is 15.0 Å². The molecule has 1 amide bonds. The highest BCUT2D eigenvalue weighted by molar-refractivity contribution is 5.93. The fraction of sp³-hybridized carbons (Fsp3) is 0.0476. The first kappa shape index (κ1) is 18.2. The molecule has 0 saturated carbocycles. The molecular formula is C21H18N6O2. The number of hydrogen-bond donors (Lipinski definition) is 3. The first-order valence-electron chi connectivity index (χ1n) is 8.77. The summed E-state index contributed by atoms with van der Waals surface area (Å²) in [6.45, 7) is 0. The number of methoxy groups -OCH3 is 1. The van der Waals surface area contributed by atoms with Crippen molar-refractivity contribution in [1.29, 1.82) is 0 Å². The zero-order valence-electron chi connectivity index (χ0n) is 15.6. The Hall–Kier alpha value is -4.20. The summed E-state index contributed by atoms with van der Waals surface area (Å²) >= 11 is 0. The minimum Gasteiger partial charge on any atom is -0.493 e. The number of rotatable bonds is 5. The van der Waals surface area contributed by atoms with Crippen LogP contribution in [0.3, 0.4) is 0 Å². The van der Waals surface area contributed by atoms with Crippen LogP contribution in [0.2, 0.25) is 0 Å². The van der Waals surface area contributed by atoms with Crippen LogP contribution in [-0.4, -0.2) is 33.0 Å². The molecular weight excluding hydrogens is 368 g/mol. The van der Waals surface area contributed by atoms with E-state index in [0.29, 0.717) is 23.0 Å². The maximum atomic E-state index is 11.3. The van der Waals surface area contributed by atoms with E-state index in [0.717, 1.165) is 28.1 Å². The Morgan fingerprint density at radius 3 is 2.41 bits per heavy atom. The van der Waals surface area contributed by atoms with E-state index in [4.69, 9.17) is 21.2 Å². The molecule has 144 valence electrons. The minimum atomic E-state index is -0.478. The lowest BCUT2D eigenvalue weighted by molar-refractivity contribution is 0.100. The molecule has 0 atom stereocenters. The van der Waals surface area contributed by atoms with Gasteiger partial charge in [-0.25, -0.2) is 9.97 Å². The predicted molar refractivity (Wildman–Crippen MR) is 110 cm³/mol. The van der Waals surface area contributed by atoms with Gasteiger partial charge in [0.1, 0.15) is 5.82 Å². The molecule has 29 heavy (non-hydrogen) atoms. The van der Waals surface area contributed by atoms with Crippen molar-refractivity contribution in [2.75, 3.05) is 12.8 Å². The lowest BCUT2D eigenvalue weighted by Crippen LogP contribution is -2.10. The average Bonchev–Trinajstić information content (AvgIpc) is 3.20. The third kappa shape index (κ3) is 3.51. The molecule has 1 aromatic carbocycles. The number of H-pyrrole nitrogens is 1. The van der Waals surface area contributed by atoms with Gasteiger partial charge in [0, 0.05) is 40.8 Å². The first-order valence-corrected chi connectivity index (χ1v) is 8.77. The van der Waals surface area contributed by atoms with Crippen LogP contribution in [0.4, 0.5) is 5.82 Å². The van der Waals surface area contributed by atoms with E-state index < -0.39 is 5.91 Å². The van der Waals surface area contributed by atoms with E-state index in [-0.39, 0.29) is 0 Å². The molecule has 8 heteroatoms. The quantitative estimate of drug-likeness (QED) is 0.483. The van der Waals surface area contributed by atoms with Gasteiger partial charge < -0.3 is 21.2 Å². The second-order valence-electron chi connectivity index (χ2n) is 6.30. The van der Waals surface area contributed by atoms with Crippen molar-refractivity contribution < 1.29 is 9.53 Å². The van der Waals surface area contributed by atoms with Crippen molar-refractivity contribution in [3.05, 3.63) is 66.6 Å². The molecule has 4 aromatic rings. The van der Waals surface area contributed by atoms with Crippen molar-refractivity contribution in [3.8, 4) is 39.7 Å². The maximum Gasteiger partial charge on any atom is 0.248 e. The number of aromatic nitrogens is 4. The molecule has 0 aliphatic carbocycles. The number of hydrogen-bond acceptors (Lipinski definition) is 6. The van der Waals surface area contributed by atoms with Gasteiger partial charge in [-0.2, -0.15) is 0 Å². The van der Waals surface area contributed by atoms with Crippen molar-refractivity contribution in [2.24, 2.45) is 5.73 Å². The maximum absolute atomic E-state index is 11.3. The molecule has 0 saturated heterocycles. The molecule has 4 rings (SSSR count). The largest absolute Gasteiger partial charge is 0.493 e. The highest BCUT2D eigenvalue weighted by Crippen LogP contribution is 2.34. The molecule has 0 spiro atoms. The molecule has 3 aromatic heterocycles. The second kappa shape index (κ2) is 7.43. The number of aromatic amines is 1. The van der Waals surface area contributed by atoms with Crippen molar-refractivity contribution in [3.63, 3.8) is 0 Å². The van der Waals surface area contributed by atoms with E-state index in [1.807, 2.05) is 12.1 Å². The molecule has 0 unspecified atom stereocenters. The number of nitrogens with one attached hydrogen (secondary N) is 1. The SMILES string of the molecule is COc1cc(-c2[nH]c(-c3ccc(C(N)=O)cc3)nc2-c2ccncc2)cnc1N. The van der Waals surface area contributed by atoms with Gasteiger partial charge in [0.05, 0.1) is 18.5 Å². The summed E-state index contributed by atoms with van der Waals surface area (Å²) in [4.78, 5) is 27.7. The van der Waals surface area contributed by atoms with Crippen LogP contribution in [0, 0.1) is 0 Å². The Balaban J connectivity index is 1.86. The van der Waals surface area contributed by atoms with E-state index in [9.17, 15) is 4.79 Å². The summed E-state index contributed by atoms with van der Waals surface area (Å²) in [5, 5.41) is 0. The summed E-state index contributed by atoms with van der Waals surface area (Å²) in [7, 11) is 1.54. The molecule has 0 aliphatic heterocycles. The zero-order chi connectivity index (χ0) is 20.4. The van der Waals surface area contributed by atoms with Crippen LogP contribution in [0.5, 0.6) is 5.75 Å². The molecule has 5 N–H and O–H groups in total. The Morgan fingerprint density at radius 2 is 1.76 bits per heavy atom. The Bertz CT molecular complexity index is 1170. The number of nitrogens with zero attached hydrogens (tertiary/aromatic N) is 3. The summed E-state index contributed by atoms with van der Waals surface area (Å²) < 4.78 is 5.30. The summed E-state index contributed by atoms with van der Waals surface area (Å²) in [6, 6.07) is 12.5. The van der Waals surface area contributed by atoms with Gasteiger partial charge >= 0.3 is 0 Å². The van der Waals surface area contributed by atoms with E-state index >= 15 is 0 Å². The smallest absolute Gasteiger partial charge is 0.248 e. The van der Waals surface area contributed by atoms with Gasteiger partial charge in [0.2, 0.25) is 5.91 Å². The van der Waals surface area contributed by atoms with Gasteiger partial charge in [0.25, 0.3) is 0 Å². The Labute approximate surface area is 166 Å². The Morgan fingerprint density at radius 1 is 1.03 bits per heavy atom. The number of benzene rings is 1.